The van der Waals surface area contributed by atoms with Gasteiger partial charge in [0, 0.05) is 16.5 Å². The molecule has 0 amide bonds. The molecule has 21 heavy (non-hydrogen) atoms. The van der Waals surface area contributed by atoms with E-state index in [-0.39, 0.29) is 11.4 Å². The van der Waals surface area contributed by atoms with Crippen molar-refractivity contribution in [1.82, 2.24) is 4.57 Å². The van der Waals surface area contributed by atoms with Crippen LogP contribution < -0.4 is 11.3 Å². The van der Waals surface area contributed by atoms with Crippen LogP contribution in [-0.4, -0.2) is 4.57 Å². The van der Waals surface area contributed by atoms with Gasteiger partial charge in [-0.1, -0.05) is 24.3 Å². The number of pyridine rings is 1. The van der Waals surface area contributed by atoms with E-state index in [2.05, 4.69) is 6.07 Å². The van der Waals surface area contributed by atoms with Crippen LogP contribution in [0.5, 0.6) is 0 Å². The monoisotopic (exact) mass is 293 g/mol. The van der Waals surface area contributed by atoms with Gasteiger partial charge < -0.3 is 5.73 Å². The molecular formula is C16H11N3OS. The third kappa shape index (κ3) is 2.22. The molecule has 0 saturated carbocycles. The molecule has 3 rings (SSSR count). The largest absolute Gasteiger partial charge is 0.384 e. The highest BCUT2D eigenvalue weighted by Crippen LogP contribution is 2.30. The summed E-state index contributed by atoms with van der Waals surface area (Å²) in [7, 11) is 0. The number of benzene rings is 1. The summed E-state index contributed by atoms with van der Waals surface area (Å²) in [5, 5.41) is 11.3. The molecule has 0 unspecified atom stereocenters. The predicted molar refractivity (Wildman–Crippen MR) is 84.5 cm³/mol. The Labute approximate surface area is 125 Å². The van der Waals surface area contributed by atoms with Crippen molar-refractivity contribution in [3.05, 3.63) is 69.8 Å². The summed E-state index contributed by atoms with van der Waals surface area (Å²) in [6, 6.07) is 16.4. The van der Waals surface area contributed by atoms with Crippen LogP contribution in [0.2, 0.25) is 0 Å². The highest BCUT2D eigenvalue weighted by Gasteiger charge is 2.16. The number of aromatic nitrogens is 1. The molecule has 0 aliphatic rings. The Morgan fingerprint density at radius 3 is 2.52 bits per heavy atom. The molecule has 4 nitrogen and oxygen atoms in total. The number of nitrogen functional groups attached to an aromatic ring is 1. The lowest BCUT2D eigenvalue weighted by Gasteiger charge is -2.13. The van der Waals surface area contributed by atoms with Crippen LogP contribution in [0.15, 0.2) is 58.7 Å². The standard InChI is InChI=1S/C16H11N3OS/c17-10-13-12(14-7-4-8-21-14)9-15(20)19(16(13)18)11-5-2-1-3-6-11/h1-9H,18H2. The number of nitrogens with zero attached hydrogens (tertiary/aromatic N) is 2. The fraction of sp³-hybridized carbons (Fsp3) is 0. The van der Waals surface area contributed by atoms with Crippen molar-refractivity contribution < 1.29 is 0 Å². The molecule has 0 saturated heterocycles. The highest BCUT2D eigenvalue weighted by molar-refractivity contribution is 7.13. The average Bonchev–Trinajstić information content (AvgIpc) is 3.02. The summed E-state index contributed by atoms with van der Waals surface area (Å²) in [4.78, 5) is 13.3. The van der Waals surface area contributed by atoms with Crippen LogP contribution in [-0.2, 0) is 0 Å². The summed E-state index contributed by atoms with van der Waals surface area (Å²) >= 11 is 1.47. The minimum atomic E-state index is -0.249. The van der Waals surface area contributed by atoms with Gasteiger partial charge in [-0.25, -0.2) is 0 Å². The van der Waals surface area contributed by atoms with Crippen molar-refractivity contribution in [2.75, 3.05) is 5.73 Å². The number of para-hydroxylation sites is 1. The summed E-state index contributed by atoms with van der Waals surface area (Å²) in [5.74, 6) is 0.166. The number of nitriles is 1. The van der Waals surface area contributed by atoms with Crippen LogP contribution in [0.1, 0.15) is 5.56 Å². The van der Waals surface area contributed by atoms with Crippen molar-refractivity contribution in [3.63, 3.8) is 0 Å². The van der Waals surface area contributed by atoms with E-state index in [0.717, 1.165) is 4.88 Å². The van der Waals surface area contributed by atoms with Crippen LogP contribution in [0, 0.1) is 11.3 Å². The van der Waals surface area contributed by atoms with Crippen molar-refractivity contribution in [2.45, 2.75) is 0 Å². The molecule has 0 bridgehead atoms. The van der Waals surface area contributed by atoms with E-state index >= 15 is 0 Å². The Hall–Kier alpha value is -2.84. The Bertz CT molecular complexity index is 874. The van der Waals surface area contributed by atoms with Gasteiger partial charge in [0.2, 0.25) is 0 Å². The second kappa shape index (κ2) is 5.27. The highest BCUT2D eigenvalue weighted by atomic mass is 32.1. The SMILES string of the molecule is N#Cc1c(-c2cccs2)cc(=O)n(-c2ccccc2)c1N. The molecular weight excluding hydrogens is 282 g/mol. The van der Waals surface area contributed by atoms with E-state index in [1.165, 1.54) is 22.0 Å². The Morgan fingerprint density at radius 2 is 1.90 bits per heavy atom. The van der Waals surface area contributed by atoms with E-state index in [1.807, 2.05) is 35.7 Å². The van der Waals surface area contributed by atoms with Gasteiger partial charge in [0.25, 0.3) is 5.56 Å². The van der Waals surface area contributed by atoms with Crippen LogP contribution in [0.3, 0.4) is 0 Å². The number of hydrogen-bond acceptors (Lipinski definition) is 4. The third-order valence-electron chi connectivity index (χ3n) is 3.17. The Balaban J connectivity index is 2.32. The van der Waals surface area contributed by atoms with Crippen LogP contribution >= 0.6 is 11.3 Å². The van der Waals surface area contributed by atoms with Gasteiger partial charge in [0.1, 0.15) is 17.5 Å². The zero-order valence-electron chi connectivity index (χ0n) is 11.0. The zero-order chi connectivity index (χ0) is 14.8. The lowest BCUT2D eigenvalue weighted by Crippen LogP contribution is -2.22. The normalized spacial score (nSPS) is 10.2. The van der Waals surface area contributed by atoms with Gasteiger partial charge in [-0.3, -0.25) is 9.36 Å². The summed E-state index contributed by atoms with van der Waals surface area (Å²) in [6.45, 7) is 0. The van der Waals surface area contributed by atoms with E-state index in [9.17, 15) is 10.1 Å². The number of hydrogen-bond donors (Lipinski definition) is 1. The first-order valence-corrected chi connectivity index (χ1v) is 7.15. The molecule has 102 valence electrons. The maximum absolute atomic E-state index is 12.4. The first-order chi connectivity index (χ1) is 10.2. The fourth-order valence-electron chi connectivity index (χ4n) is 2.22. The second-order valence-electron chi connectivity index (χ2n) is 4.42. The first-order valence-electron chi connectivity index (χ1n) is 6.27. The molecule has 2 heterocycles. The Morgan fingerprint density at radius 1 is 1.14 bits per heavy atom. The van der Waals surface area contributed by atoms with E-state index in [0.29, 0.717) is 16.8 Å². The molecule has 0 aliphatic carbocycles. The van der Waals surface area contributed by atoms with Gasteiger partial charge in [0.15, 0.2) is 0 Å². The van der Waals surface area contributed by atoms with E-state index in [4.69, 9.17) is 5.73 Å². The number of rotatable bonds is 2. The van der Waals surface area contributed by atoms with Crippen molar-refractivity contribution in [3.8, 4) is 22.2 Å². The quantitative estimate of drug-likeness (QED) is 0.789. The van der Waals surface area contributed by atoms with Crippen LogP contribution in [0.25, 0.3) is 16.1 Å². The molecule has 0 fully saturated rings. The topological polar surface area (TPSA) is 71.8 Å². The lowest BCUT2D eigenvalue weighted by atomic mass is 10.1. The molecule has 0 atom stereocenters. The van der Waals surface area contributed by atoms with Gasteiger partial charge >= 0.3 is 0 Å². The maximum atomic E-state index is 12.4. The van der Waals surface area contributed by atoms with Gasteiger partial charge in [-0.2, -0.15) is 5.26 Å². The smallest absolute Gasteiger partial charge is 0.257 e. The molecule has 3 aromatic rings. The number of thiophene rings is 1. The number of anilines is 1. The molecule has 5 heteroatoms. The Kier molecular flexibility index (Phi) is 3.30. The predicted octanol–water partition coefficient (Wildman–Crippen LogP) is 3.02. The minimum Gasteiger partial charge on any atom is -0.384 e. The average molecular weight is 293 g/mol. The van der Waals surface area contributed by atoms with Gasteiger partial charge in [0.05, 0.1) is 5.69 Å². The molecule has 2 aromatic heterocycles. The van der Waals surface area contributed by atoms with E-state index < -0.39 is 0 Å². The summed E-state index contributed by atoms with van der Waals surface area (Å²) in [5.41, 5.74) is 7.38. The molecule has 1 aromatic carbocycles. The summed E-state index contributed by atoms with van der Waals surface area (Å²) in [6.07, 6.45) is 0. The lowest BCUT2D eigenvalue weighted by molar-refractivity contribution is 1.00. The van der Waals surface area contributed by atoms with Crippen molar-refractivity contribution in [2.24, 2.45) is 0 Å². The first kappa shape index (κ1) is 13.2. The number of nitrogens with two attached hydrogens (primary N) is 1. The van der Waals surface area contributed by atoms with Crippen molar-refractivity contribution in [1.29, 1.82) is 5.26 Å². The maximum Gasteiger partial charge on any atom is 0.257 e. The van der Waals surface area contributed by atoms with Crippen molar-refractivity contribution >= 4 is 17.2 Å². The molecule has 0 spiro atoms. The second-order valence-corrected chi connectivity index (χ2v) is 5.36. The van der Waals surface area contributed by atoms with E-state index in [1.54, 1.807) is 12.1 Å². The third-order valence-corrected chi connectivity index (χ3v) is 4.07. The minimum absolute atomic E-state index is 0.166. The van der Waals surface area contributed by atoms with Gasteiger partial charge in [-0.05, 0) is 23.6 Å². The van der Waals surface area contributed by atoms with Crippen LogP contribution in [0.4, 0.5) is 5.82 Å². The molecule has 0 radical (unpaired) electrons. The molecule has 2 N–H and O–H groups in total. The summed E-state index contributed by atoms with van der Waals surface area (Å²) < 4.78 is 1.36. The zero-order valence-corrected chi connectivity index (χ0v) is 11.8. The van der Waals surface area contributed by atoms with Gasteiger partial charge in [-0.15, -0.1) is 11.3 Å². The fourth-order valence-corrected chi connectivity index (χ4v) is 2.96. The molecule has 0 aliphatic heterocycles.